The molecule has 0 atom stereocenters. The van der Waals surface area contributed by atoms with E-state index in [4.69, 9.17) is 9.84 Å². The number of aliphatic hydroxyl groups is 1. The van der Waals surface area contributed by atoms with Crippen LogP contribution in [0.1, 0.15) is 37.6 Å². The van der Waals surface area contributed by atoms with Gasteiger partial charge in [-0.2, -0.15) is 0 Å². The van der Waals surface area contributed by atoms with Crippen molar-refractivity contribution in [3.8, 4) is 29.7 Å². The van der Waals surface area contributed by atoms with Gasteiger partial charge >= 0.3 is 0 Å². The quantitative estimate of drug-likeness (QED) is 0.443. The van der Waals surface area contributed by atoms with Crippen LogP contribution < -0.4 is 9.64 Å². The summed E-state index contributed by atoms with van der Waals surface area (Å²) in [6, 6.07) is 10.4. The summed E-state index contributed by atoms with van der Waals surface area (Å²) in [6.45, 7) is 11.5. The summed E-state index contributed by atoms with van der Waals surface area (Å²) in [6.07, 6.45) is 9.44. The minimum Gasteiger partial charge on any atom is -0.497 e. The highest BCUT2D eigenvalue weighted by molar-refractivity contribution is 6.07. The highest BCUT2D eigenvalue weighted by Crippen LogP contribution is 2.44. The summed E-state index contributed by atoms with van der Waals surface area (Å²) >= 11 is 0. The molecule has 0 aliphatic carbocycles. The Morgan fingerprint density at radius 3 is 2.21 bits per heavy atom. The molecule has 0 fully saturated rings. The van der Waals surface area contributed by atoms with Gasteiger partial charge in [0.05, 0.1) is 23.9 Å². The van der Waals surface area contributed by atoms with Crippen molar-refractivity contribution < 1.29 is 14.6 Å². The summed E-state index contributed by atoms with van der Waals surface area (Å²) in [5, 5.41) is 9.75. The van der Waals surface area contributed by atoms with Crippen LogP contribution in [0.25, 0.3) is 22.0 Å². The monoisotopic (exact) mass is 448 g/mol. The van der Waals surface area contributed by atoms with E-state index in [9.17, 15) is 4.79 Å². The van der Waals surface area contributed by atoms with Crippen molar-refractivity contribution in [3.63, 3.8) is 0 Å². The molecule has 2 aromatic carbocycles. The lowest BCUT2D eigenvalue weighted by atomic mass is 9.89. The Hall–Kier alpha value is -3.23. The Bertz CT molecular complexity index is 1130. The van der Waals surface area contributed by atoms with Gasteiger partial charge in [0.1, 0.15) is 12.0 Å². The van der Waals surface area contributed by atoms with Crippen molar-refractivity contribution >= 4 is 22.9 Å². The van der Waals surface area contributed by atoms with E-state index in [0.29, 0.717) is 6.42 Å². The SMILES string of the molecule is C#C.CC(C)(C)O.COc1ccc(-c2c(CC=O)c(C)c3c4c2cc(C)n4CCN3C)cc1. The Morgan fingerprint density at radius 1 is 1.12 bits per heavy atom. The number of carbonyl (C=O) groups excluding carboxylic acids is 1. The maximum absolute atomic E-state index is 11.5. The Balaban J connectivity index is 0.000000489. The molecule has 0 unspecified atom stereocenters. The van der Waals surface area contributed by atoms with Gasteiger partial charge in [-0.15, -0.1) is 12.8 Å². The predicted molar refractivity (Wildman–Crippen MR) is 138 cm³/mol. The number of carbonyl (C=O) groups is 1. The first kappa shape index (κ1) is 26.0. The zero-order chi connectivity index (χ0) is 24.9. The first-order valence-electron chi connectivity index (χ1n) is 11.1. The van der Waals surface area contributed by atoms with E-state index < -0.39 is 5.60 Å². The Morgan fingerprint density at radius 2 is 1.70 bits per heavy atom. The number of anilines is 1. The van der Waals surface area contributed by atoms with E-state index in [1.54, 1.807) is 27.9 Å². The van der Waals surface area contributed by atoms with E-state index in [1.165, 1.54) is 33.4 Å². The van der Waals surface area contributed by atoms with Gasteiger partial charge in [-0.05, 0) is 75.1 Å². The molecule has 0 bridgehead atoms. The van der Waals surface area contributed by atoms with Gasteiger partial charge in [-0.25, -0.2) is 0 Å². The number of hydrogen-bond donors (Lipinski definition) is 1. The normalized spacial score (nSPS) is 12.4. The van der Waals surface area contributed by atoms with Crippen molar-refractivity contribution in [3.05, 3.63) is 47.2 Å². The van der Waals surface area contributed by atoms with E-state index in [1.807, 2.05) is 12.1 Å². The van der Waals surface area contributed by atoms with Gasteiger partial charge in [-0.1, -0.05) is 12.1 Å². The lowest BCUT2D eigenvalue weighted by Gasteiger charge is -2.31. The maximum Gasteiger partial charge on any atom is 0.124 e. The number of hydrogen-bond acceptors (Lipinski definition) is 4. The molecule has 0 amide bonds. The van der Waals surface area contributed by atoms with Crippen LogP contribution in [-0.4, -0.2) is 42.3 Å². The fraction of sp³-hybridized carbons (Fsp3) is 0.393. The molecule has 0 saturated heterocycles. The molecular formula is C28H36N2O3. The topological polar surface area (TPSA) is 54.7 Å². The largest absolute Gasteiger partial charge is 0.497 e. The lowest BCUT2D eigenvalue weighted by Crippen LogP contribution is -2.29. The summed E-state index contributed by atoms with van der Waals surface area (Å²) in [7, 11) is 3.82. The van der Waals surface area contributed by atoms with Crippen molar-refractivity contribution in [2.75, 3.05) is 25.6 Å². The maximum atomic E-state index is 11.5. The van der Waals surface area contributed by atoms with Crippen molar-refractivity contribution in [2.45, 2.75) is 53.2 Å². The molecule has 176 valence electrons. The van der Waals surface area contributed by atoms with Crippen LogP contribution in [0.4, 0.5) is 5.69 Å². The van der Waals surface area contributed by atoms with Crippen LogP contribution in [0.3, 0.4) is 0 Å². The number of ether oxygens (including phenoxy) is 1. The zero-order valence-electron chi connectivity index (χ0n) is 20.9. The third kappa shape index (κ3) is 5.58. The molecule has 2 heterocycles. The molecule has 4 rings (SSSR count). The molecule has 1 aliphatic rings. The minimum absolute atomic E-state index is 0.425. The Kier molecular flexibility index (Phi) is 8.35. The summed E-state index contributed by atoms with van der Waals surface area (Å²) in [5.41, 5.74) is 7.95. The lowest BCUT2D eigenvalue weighted by molar-refractivity contribution is -0.107. The number of likely N-dealkylation sites (N-methyl/N-ethyl adjacent to an activating group) is 1. The van der Waals surface area contributed by atoms with E-state index in [2.05, 4.69) is 61.4 Å². The van der Waals surface area contributed by atoms with E-state index in [-0.39, 0.29) is 0 Å². The van der Waals surface area contributed by atoms with Crippen LogP contribution in [0.5, 0.6) is 5.75 Å². The van der Waals surface area contributed by atoms with Gasteiger partial charge in [0.15, 0.2) is 0 Å². The third-order valence-corrected chi connectivity index (χ3v) is 5.61. The number of aldehydes is 1. The fourth-order valence-corrected chi connectivity index (χ4v) is 4.34. The molecule has 5 nitrogen and oxygen atoms in total. The molecule has 0 spiro atoms. The second-order valence-electron chi connectivity index (χ2n) is 9.22. The molecule has 0 radical (unpaired) electrons. The molecular weight excluding hydrogens is 412 g/mol. The predicted octanol–water partition coefficient (Wildman–Crippen LogP) is 5.15. The summed E-state index contributed by atoms with van der Waals surface area (Å²) < 4.78 is 7.72. The fourth-order valence-electron chi connectivity index (χ4n) is 4.34. The van der Waals surface area contributed by atoms with Crippen LogP contribution >= 0.6 is 0 Å². The highest BCUT2D eigenvalue weighted by atomic mass is 16.5. The number of benzene rings is 2. The van der Waals surface area contributed by atoms with Crippen molar-refractivity contribution in [2.24, 2.45) is 0 Å². The van der Waals surface area contributed by atoms with Crippen LogP contribution in [0, 0.1) is 26.7 Å². The number of rotatable bonds is 4. The standard InChI is InChI=1S/C22H24N2O2.C4H10O.C2H2/c1-14-13-19-20(16-5-7-17(26-4)8-6-16)18(9-12-25)15(2)21-22(19)24(14)11-10-23(21)3;1-4(2,3)5;1-2/h5-8,12-13H,9-11H2,1-4H3;5H,1-3H3;1-2H. The van der Waals surface area contributed by atoms with Crippen molar-refractivity contribution in [1.29, 1.82) is 0 Å². The van der Waals surface area contributed by atoms with Crippen molar-refractivity contribution in [1.82, 2.24) is 4.57 Å². The molecule has 3 aromatic rings. The molecule has 0 saturated carbocycles. The van der Waals surface area contributed by atoms with Crippen LogP contribution in [0.2, 0.25) is 0 Å². The van der Waals surface area contributed by atoms with Gasteiger partial charge in [0, 0.05) is 37.6 Å². The molecule has 33 heavy (non-hydrogen) atoms. The Labute approximate surface area is 198 Å². The minimum atomic E-state index is -0.500. The van der Waals surface area contributed by atoms with Gasteiger partial charge in [-0.3, -0.25) is 0 Å². The highest BCUT2D eigenvalue weighted by Gasteiger charge is 2.26. The summed E-state index contributed by atoms with van der Waals surface area (Å²) in [4.78, 5) is 13.8. The number of nitrogens with zero attached hydrogens (tertiary/aromatic N) is 2. The number of methoxy groups -OCH3 is 1. The number of aryl methyl sites for hydroxylation is 1. The second kappa shape index (κ2) is 10.6. The first-order valence-corrected chi connectivity index (χ1v) is 11.1. The first-order chi connectivity index (χ1) is 15.6. The van der Waals surface area contributed by atoms with E-state index >= 15 is 0 Å². The van der Waals surface area contributed by atoms with Crippen LogP contribution in [0.15, 0.2) is 30.3 Å². The van der Waals surface area contributed by atoms with E-state index in [0.717, 1.165) is 36.3 Å². The summed E-state index contributed by atoms with van der Waals surface area (Å²) in [5.74, 6) is 0.838. The average molecular weight is 449 g/mol. The number of terminal acetylenes is 1. The van der Waals surface area contributed by atoms with Gasteiger partial charge in [0.25, 0.3) is 0 Å². The van der Waals surface area contributed by atoms with Gasteiger partial charge < -0.3 is 24.1 Å². The molecule has 5 heteroatoms. The number of aromatic nitrogens is 1. The second-order valence-corrected chi connectivity index (χ2v) is 9.22. The van der Waals surface area contributed by atoms with Crippen LogP contribution in [-0.2, 0) is 17.8 Å². The smallest absolute Gasteiger partial charge is 0.124 e. The molecule has 1 N–H and O–H groups in total. The zero-order valence-corrected chi connectivity index (χ0v) is 20.9. The molecule has 1 aromatic heterocycles. The average Bonchev–Trinajstić information content (AvgIpc) is 3.09. The third-order valence-electron chi connectivity index (χ3n) is 5.61. The molecule has 1 aliphatic heterocycles. The van der Waals surface area contributed by atoms with Gasteiger partial charge in [0.2, 0.25) is 0 Å².